The van der Waals surface area contributed by atoms with Crippen molar-refractivity contribution < 1.29 is 9.84 Å². The van der Waals surface area contributed by atoms with Gasteiger partial charge in [-0.25, -0.2) is 5.43 Å². The molecule has 4 nitrogen and oxygen atoms in total. The summed E-state index contributed by atoms with van der Waals surface area (Å²) in [6.07, 6.45) is 0. The van der Waals surface area contributed by atoms with Crippen LogP contribution in [0.25, 0.3) is 0 Å². The van der Waals surface area contributed by atoms with Crippen molar-refractivity contribution in [1.29, 1.82) is 0 Å². The van der Waals surface area contributed by atoms with Crippen molar-refractivity contribution in [3.63, 3.8) is 0 Å². The van der Waals surface area contributed by atoms with E-state index in [9.17, 15) is 5.11 Å². The molecule has 0 bridgehead atoms. The molecule has 0 fully saturated rings. The molecule has 0 aliphatic carbocycles. The van der Waals surface area contributed by atoms with Crippen LogP contribution in [0.3, 0.4) is 0 Å². The Morgan fingerprint density at radius 2 is 1.89 bits per heavy atom. The minimum Gasteiger partial charge on any atom is -0.507 e. The number of nitrogens with one attached hydrogen (secondary N) is 1. The predicted octanol–water partition coefficient (Wildman–Crippen LogP) is 1.95. The Morgan fingerprint density at radius 3 is 2.44 bits per heavy atom. The summed E-state index contributed by atoms with van der Waals surface area (Å²) < 4.78 is 5.06. The van der Waals surface area contributed by atoms with Crippen LogP contribution in [0.4, 0.5) is 0 Å². The number of methoxy groups -OCH3 is 1. The maximum absolute atomic E-state index is 10.0. The number of phenols is 1. The molecular formula is C14H16N2O2. The van der Waals surface area contributed by atoms with Gasteiger partial charge in [0, 0.05) is 11.6 Å². The molecule has 0 saturated heterocycles. The standard InChI is InChI=1S/C14H16N2O2/c1-18-11-7-8-12(13(17)9-11)14(16-15)10-5-3-2-4-6-10/h2-9,14,16-17H,15H2,1H3/t14-/m0/s1. The summed E-state index contributed by atoms with van der Waals surface area (Å²) in [5, 5.41) is 10.0. The fourth-order valence-corrected chi connectivity index (χ4v) is 1.91. The number of aromatic hydroxyl groups is 1. The summed E-state index contributed by atoms with van der Waals surface area (Å²) >= 11 is 0. The number of benzene rings is 2. The van der Waals surface area contributed by atoms with Crippen molar-refractivity contribution in [3.8, 4) is 11.5 Å². The lowest BCUT2D eigenvalue weighted by Gasteiger charge is -2.18. The number of hydrogen-bond donors (Lipinski definition) is 3. The van der Waals surface area contributed by atoms with Gasteiger partial charge in [0.25, 0.3) is 0 Å². The van der Waals surface area contributed by atoms with Gasteiger partial charge in [0.15, 0.2) is 0 Å². The van der Waals surface area contributed by atoms with Crippen LogP contribution in [-0.4, -0.2) is 12.2 Å². The lowest BCUT2D eigenvalue weighted by molar-refractivity contribution is 0.405. The molecule has 18 heavy (non-hydrogen) atoms. The number of nitrogens with two attached hydrogens (primary N) is 1. The van der Waals surface area contributed by atoms with Gasteiger partial charge in [-0.1, -0.05) is 30.3 Å². The first kappa shape index (κ1) is 12.4. The topological polar surface area (TPSA) is 67.5 Å². The highest BCUT2D eigenvalue weighted by Gasteiger charge is 2.16. The van der Waals surface area contributed by atoms with Gasteiger partial charge in [0.05, 0.1) is 13.2 Å². The van der Waals surface area contributed by atoms with E-state index in [2.05, 4.69) is 5.43 Å². The third kappa shape index (κ3) is 2.45. The third-order valence-electron chi connectivity index (χ3n) is 2.85. The van der Waals surface area contributed by atoms with Crippen molar-refractivity contribution in [1.82, 2.24) is 5.43 Å². The second kappa shape index (κ2) is 5.53. The van der Waals surface area contributed by atoms with Crippen molar-refractivity contribution in [2.45, 2.75) is 6.04 Å². The predicted molar refractivity (Wildman–Crippen MR) is 70.3 cm³/mol. The average Bonchev–Trinajstić information content (AvgIpc) is 2.42. The molecule has 0 unspecified atom stereocenters. The van der Waals surface area contributed by atoms with E-state index < -0.39 is 0 Å². The van der Waals surface area contributed by atoms with Crippen molar-refractivity contribution in [2.24, 2.45) is 5.84 Å². The van der Waals surface area contributed by atoms with E-state index in [-0.39, 0.29) is 11.8 Å². The monoisotopic (exact) mass is 244 g/mol. The first-order chi connectivity index (χ1) is 8.76. The van der Waals surface area contributed by atoms with Gasteiger partial charge in [0.2, 0.25) is 0 Å². The average molecular weight is 244 g/mol. The zero-order valence-corrected chi connectivity index (χ0v) is 10.1. The van der Waals surface area contributed by atoms with Crippen LogP contribution in [0.5, 0.6) is 11.5 Å². The molecule has 2 rings (SSSR count). The summed E-state index contributed by atoms with van der Waals surface area (Å²) in [6.45, 7) is 0. The number of hydrogen-bond acceptors (Lipinski definition) is 4. The fraction of sp³-hybridized carbons (Fsp3) is 0.143. The van der Waals surface area contributed by atoms with Crippen LogP contribution in [0, 0.1) is 0 Å². The minimum absolute atomic E-state index is 0.154. The Labute approximate surface area is 106 Å². The third-order valence-corrected chi connectivity index (χ3v) is 2.85. The second-order valence-electron chi connectivity index (χ2n) is 3.94. The van der Waals surface area contributed by atoms with Crippen LogP contribution >= 0.6 is 0 Å². The second-order valence-corrected chi connectivity index (χ2v) is 3.94. The van der Waals surface area contributed by atoms with Gasteiger partial charge < -0.3 is 9.84 Å². The molecule has 0 aromatic heterocycles. The molecule has 0 amide bonds. The molecule has 0 radical (unpaired) electrons. The Kier molecular flexibility index (Phi) is 3.82. The molecule has 0 aliphatic heterocycles. The maximum Gasteiger partial charge on any atom is 0.124 e. The highest BCUT2D eigenvalue weighted by molar-refractivity contribution is 5.45. The number of ether oxygens (including phenoxy) is 1. The largest absolute Gasteiger partial charge is 0.507 e. The molecule has 4 heteroatoms. The van der Waals surface area contributed by atoms with E-state index in [1.165, 1.54) is 0 Å². The Balaban J connectivity index is 2.39. The van der Waals surface area contributed by atoms with E-state index in [0.29, 0.717) is 11.3 Å². The highest BCUT2D eigenvalue weighted by atomic mass is 16.5. The van der Waals surface area contributed by atoms with Gasteiger partial charge in [-0.05, 0) is 17.7 Å². The van der Waals surface area contributed by atoms with Crippen LogP contribution in [-0.2, 0) is 0 Å². The van der Waals surface area contributed by atoms with Crippen LogP contribution < -0.4 is 16.0 Å². The molecule has 0 spiro atoms. The zero-order valence-electron chi connectivity index (χ0n) is 10.1. The smallest absolute Gasteiger partial charge is 0.124 e. The fourth-order valence-electron chi connectivity index (χ4n) is 1.91. The van der Waals surface area contributed by atoms with Crippen molar-refractivity contribution in [2.75, 3.05) is 7.11 Å². The van der Waals surface area contributed by atoms with Crippen LogP contribution in [0.1, 0.15) is 17.2 Å². The first-order valence-electron chi connectivity index (χ1n) is 5.64. The summed E-state index contributed by atoms with van der Waals surface area (Å²) in [5.74, 6) is 6.35. The SMILES string of the molecule is COc1ccc([C@@H](NN)c2ccccc2)c(O)c1. The maximum atomic E-state index is 10.0. The molecule has 2 aromatic carbocycles. The van der Waals surface area contributed by atoms with Crippen molar-refractivity contribution >= 4 is 0 Å². The number of hydrazine groups is 1. The molecule has 4 N–H and O–H groups in total. The van der Waals surface area contributed by atoms with Gasteiger partial charge in [-0.15, -0.1) is 0 Å². The normalized spacial score (nSPS) is 12.1. The quantitative estimate of drug-likeness (QED) is 0.568. The van der Waals surface area contributed by atoms with Crippen LogP contribution in [0.2, 0.25) is 0 Å². The lowest BCUT2D eigenvalue weighted by Crippen LogP contribution is -2.28. The molecule has 0 saturated carbocycles. The van der Waals surface area contributed by atoms with Gasteiger partial charge in [-0.2, -0.15) is 0 Å². The molecule has 2 aromatic rings. The number of rotatable bonds is 4. The van der Waals surface area contributed by atoms with E-state index in [1.807, 2.05) is 30.3 Å². The molecule has 0 aliphatic rings. The van der Waals surface area contributed by atoms with E-state index in [1.54, 1.807) is 25.3 Å². The van der Waals surface area contributed by atoms with Crippen LogP contribution in [0.15, 0.2) is 48.5 Å². The van der Waals surface area contributed by atoms with E-state index in [0.717, 1.165) is 5.56 Å². The lowest BCUT2D eigenvalue weighted by atomic mass is 9.98. The summed E-state index contributed by atoms with van der Waals surface area (Å²) in [7, 11) is 1.56. The summed E-state index contributed by atoms with van der Waals surface area (Å²) in [4.78, 5) is 0. The van der Waals surface area contributed by atoms with Gasteiger partial charge in [0.1, 0.15) is 11.5 Å². The van der Waals surface area contributed by atoms with Crippen molar-refractivity contribution in [3.05, 3.63) is 59.7 Å². The summed E-state index contributed by atoms with van der Waals surface area (Å²) in [6, 6.07) is 14.6. The molecular weight excluding hydrogens is 228 g/mol. The molecule has 0 heterocycles. The number of phenolic OH excluding ortho intramolecular Hbond substituents is 1. The Hall–Kier alpha value is -2.04. The van der Waals surface area contributed by atoms with E-state index >= 15 is 0 Å². The Morgan fingerprint density at radius 1 is 1.17 bits per heavy atom. The first-order valence-corrected chi connectivity index (χ1v) is 5.64. The minimum atomic E-state index is -0.253. The highest BCUT2D eigenvalue weighted by Crippen LogP contribution is 2.31. The summed E-state index contributed by atoms with van der Waals surface area (Å²) in [5.41, 5.74) is 4.41. The molecule has 1 atom stereocenters. The van der Waals surface area contributed by atoms with E-state index in [4.69, 9.17) is 10.6 Å². The Bertz CT molecular complexity index is 514. The van der Waals surface area contributed by atoms with Gasteiger partial charge in [-0.3, -0.25) is 5.84 Å². The molecule has 94 valence electrons. The zero-order chi connectivity index (χ0) is 13.0. The van der Waals surface area contributed by atoms with Gasteiger partial charge >= 0.3 is 0 Å².